The van der Waals surface area contributed by atoms with Crippen molar-refractivity contribution in [2.24, 2.45) is 0 Å². The maximum absolute atomic E-state index is 11.7. The number of thiophene rings is 1. The Morgan fingerprint density at radius 1 is 1.57 bits per heavy atom. The molecular weight excluding hydrogens is 218 g/mol. The summed E-state index contributed by atoms with van der Waals surface area (Å²) < 4.78 is 0. The van der Waals surface area contributed by atoms with E-state index >= 15 is 0 Å². The van der Waals surface area contributed by atoms with Crippen molar-refractivity contribution >= 4 is 28.8 Å². The van der Waals surface area contributed by atoms with Gasteiger partial charge in [-0.05, 0) is 37.8 Å². The van der Waals surface area contributed by atoms with Crippen molar-refractivity contribution < 1.29 is 4.79 Å². The zero-order valence-corrected chi connectivity index (χ0v) is 10.1. The lowest BCUT2D eigenvalue weighted by Crippen LogP contribution is -2.37. The molecule has 2 unspecified atom stereocenters. The molecule has 0 aliphatic heterocycles. The van der Waals surface area contributed by atoms with E-state index in [-0.39, 0.29) is 17.3 Å². The molecule has 0 aliphatic carbocycles. The van der Waals surface area contributed by atoms with Crippen LogP contribution in [-0.2, 0) is 0 Å². The lowest BCUT2D eigenvalue weighted by molar-refractivity contribution is 0.0943. The molecule has 1 rings (SSSR count). The van der Waals surface area contributed by atoms with E-state index in [1.807, 2.05) is 32.2 Å². The van der Waals surface area contributed by atoms with Crippen molar-refractivity contribution in [1.82, 2.24) is 5.32 Å². The Morgan fingerprint density at radius 3 is 2.64 bits per heavy atom. The smallest absolute Gasteiger partial charge is 0.261 e. The molecule has 0 fully saturated rings. The van der Waals surface area contributed by atoms with Gasteiger partial charge in [-0.15, -0.1) is 22.9 Å². The maximum Gasteiger partial charge on any atom is 0.261 e. The lowest BCUT2D eigenvalue weighted by Gasteiger charge is -2.15. The van der Waals surface area contributed by atoms with Crippen LogP contribution in [0.15, 0.2) is 11.4 Å². The third-order valence-electron chi connectivity index (χ3n) is 2.12. The summed E-state index contributed by atoms with van der Waals surface area (Å²) in [5.41, 5.74) is 1.02. The van der Waals surface area contributed by atoms with E-state index in [1.165, 1.54) is 11.3 Å². The van der Waals surface area contributed by atoms with Crippen LogP contribution in [0, 0.1) is 6.92 Å². The van der Waals surface area contributed by atoms with Crippen LogP contribution in [0.1, 0.15) is 29.1 Å². The number of carbonyl (C=O) groups excluding carboxylic acids is 1. The van der Waals surface area contributed by atoms with Crippen LogP contribution in [0.5, 0.6) is 0 Å². The number of aryl methyl sites for hydroxylation is 1. The number of alkyl halides is 1. The van der Waals surface area contributed by atoms with Crippen molar-refractivity contribution in [3.8, 4) is 0 Å². The van der Waals surface area contributed by atoms with E-state index in [0.717, 1.165) is 10.4 Å². The van der Waals surface area contributed by atoms with Crippen LogP contribution in [0.2, 0.25) is 0 Å². The van der Waals surface area contributed by atoms with Gasteiger partial charge in [-0.1, -0.05) is 0 Å². The fourth-order valence-electron chi connectivity index (χ4n) is 0.993. The van der Waals surface area contributed by atoms with Gasteiger partial charge >= 0.3 is 0 Å². The highest BCUT2D eigenvalue weighted by Crippen LogP contribution is 2.15. The number of carbonyl (C=O) groups is 1. The average Bonchev–Trinajstić information content (AvgIpc) is 2.51. The van der Waals surface area contributed by atoms with Gasteiger partial charge in [-0.25, -0.2) is 0 Å². The molecule has 0 aromatic carbocycles. The predicted molar refractivity (Wildman–Crippen MR) is 61.3 cm³/mol. The van der Waals surface area contributed by atoms with Gasteiger partial charge in [0.25, 0.3) is 5.91 Å². The summed E-state index contributed by atoms with van der Waals surface area (Å²) in [6.45, 7) is 5.70. The van der Waals surface area contributed by atoms with Gasteiger partial charge in [0.15, 0.2) is 0 Å². The molecule has 1 aromatic heterocycles. The molecule has 1 aromatic rings. The van der Waals surface area contributed by atoms with Crippen molar-refractivity contribution in [2.45, 2.75) is 32.2 Å². The van der Waals surface area contributed by atoms with Crippen LogP contribution < -0.4 is 5.32 Å². The molecule has 78 valence electrons. The lowest BCUT2D eigenvalue weighted by atomic mass is 10.2. The van der Waals surface area contributed by atoms with Gasteiger partial charge in [-0.2, -0.15) is 0 Å². The first kappa shape index (κ1) is 11.5. The third-order valence-corrected chi connectivity index (χ3v) is 3.51. The van der Waals surface area contributed by atoms with Crippen LogP contribution >= 0.6 is 22.9 Å². The van der Waals surface area contributed by atoms with Crippen LogP contribution in [0.4, 0.5) is 0 Å². The van der Waals surface area contributed by atoms with Gasteiger partial charge in [0.1, 0.15) is 0 Å². The van der Waals surface area contributed by atoms with E-state index in [9.17, 15) is 4.79 Å². The van der Waals surface area contributed by atoms with Crippen molar-refractivity contribution in [3.63, 3.8) is 0 Å². The summed E-state index contributed by atoms with van der Waals surface area (Å²) in [4.78, 5) is 12.5. The molecule has 0 spiro atoms. The van der Waals surface area contributed by atoms with Gasteiger partial charge in [0.05, 0.1) is 10.3 Å². The minimum absolute atomic E-state index is 0.00864. The van der Waals surface area contributed by atoms with Gasteiger partial charge in [0.2, 0.25) is 0 Å². The molecule has 1 N–H and O–H groups in total. The quantitative estimate of drug-likeness (QED) is 0.797. The Hall–Kier alpha value is -0.540. The van der Waals surface area contributed by atoms with Crippen LogP contribution in [0.3, 0.4) is 0 Å². The summed E-state index contributed by atoms with van der Waals surface area (Å²) in [5.74, 6) is -0.0301. The minimum Gasteiger partial charge on any atom is -0.347 e. The predicted octanol–water partition coefficient (Wildman–Crippen LogP) is 2.80. The highest BCUT2D eigenvalue weighted by molar-refractivity contribution is 7.12. The molecule has 0 saturated carbocycles. The molecule has 0 saturated heterocycles. The number of hydrogen-bond donors (Lipinski definition) is 1. The highest BCUT2D eigenvalue weighted by atomic mass is 35.5. The third kappa shape index (κ3) is 2.72. The van der Waals surface area contributed by atoms with Crippen molar-refractivity contribution in [2.75, 3.05) is 0 Å². The first-order valence-corrected chi connectivity index (χ1v) is 5.83. The molecule has 4 heteroatoms. The molecule has 0 bridgehead atoms. The number of amides is 1. The largest absolute Gasteiger partial charge is 0.347 e. The summed E-state index contributed by atoms with van der Waals surface area (Å²) in [7, 11) is 0. The van der Waals surface area contributed by atoms with E-state index in [0.29, 0.717) is 0 Å². The fraction of sp³-hybridized carbons (Fsp3) is 0.500. The number of nitrogens with one attached hydrogen (secondary N) is 1. The van der Waals surface area contributed by atoms with Crippen molar-refractivity contribution in [3.05, 3.63) is 21.9 Å². The SMILES string of the molecule is Cc1ccsc1C(=O)NC(C)C(C)Cl. The molecule has 2 atom stereocenters. The fourth-order valence-corrected chi connectivity index (χ4v) is 1.88. The topological polar surface area (TPSA) is 29.1 Å². The molecule has 1 amide bonds. The molecule has 0 aliphatic rings. The number of rotatable bonds is 3. The first-order chi connectivity index (χ1) is 6.52. The maximum atomic E-state index is 11.7. The summed E-state index contributed by atoms with van der Waals surface area (Å²) in [6, 6.07) is 1.93. The zero-order chi connectivity index (χ0) is 10.7. The molecule has 1 heterocycles. The average molecular weight is 232 g/mol. The second-order valence-corrected chi connectivity index (χ2v) is 4.98. The molecule has 14 heavy (non-hydrogen) atoms. The number of hydrogen-bond acceptors (Lipinski definition) is 2. The monoisotopic (exact) mass is 231 g/mol. The van der Waals surface area contributed by atoms with E-state index in [4.69, 9.17) is 11.6 Å². The van der Waals surface area contributed by atoms with Gasteiger partial charge in [0, 0.05) is 6.04 Å². The molecule has 0 radical (unpaired) electrons. The molecule has 2 nitrogen and oxygen atoms in total. The Morgan fingerprint density at radius 2 is 2.21 bits per heavy atom. The normalized spacial score (nSPS) is 14.9. The summed E-state index contributed by atoms with van der Waals surface area (Å²) in [6.07, 6.45) is 0. The van der Waals surface area contributed by atoms with Gasteiger partial charge in [-0.3, -0.25) is 4.79 Å². The van der Waals surface area contributed by atoms with Crippen LogP contribution in [-0.4, -0.2) is 17.3 Å². The highest BCUT2D eigenvalue weighted by Gasteiger charge is 2.15. The minimum atomic E-state index is -0.0563. The molecular formula is C10H14ClNOS. The second kappa shape index (κ2) is 4.80. The summed E-state index contributed by atoms with van der Waals surface area (Å²) in [5, 5.41) is 4.72. The standard InChI is InChI=1S/C10H14ClNOS/c1-6-4-5-14-9(6)10(13)12-8(3)7(2)11/h4-5,7-8H,1-3H3,(H,12,13). The van der Waals surface area contributed by atoms with E-state index < -0.39 is 0 Å². The van der Waals surface area contributed by atoms with Crippen LogP contribution in [0.25, 0.3) is 0 Å². The first-order valence-electron chi connectivity index (χ1n) is 4.51. The zero-order valence-electron chi connectivity index (χ0n) is 8.50. The van der Waals surface area contributed by atoms with E-state index in [2.05, 4.69) is 5.32 Å². The summed E-state index contributed by atoms with van der Waals surface area (Å²) >= 11 is 7.32. The van der Waals surface area contributed by atoms with Crippen molar-refractivity contribution in [1.29, 1.82) is 0 Å². The Balaban J connectivity index is 2.64. The Bertz CT molecular complexity index is 322. The van der Waals surface area contributed by atoms with Gasteiger partial charge < -0.3 is 5.32 Å². The second-order valence-electron chi connectivity index (χ2n) is 3.37. The van der Waals surface area contributed by atoms with E-state index in [1.54, 1.807) is 0 Å². The Kier molecular flexibility index (Phi) is 3.96. The Labute approximate surface area is 93.3 Å². The number of halogens is 1.